The average Bonchev–Trinajstić information content (AvgIpc) is 2.79. The van der Waals surface area contributed by atoms with Crippen LogP contribution < -0.4 is 0 Å². The van der Waals surface area contributed by atoms with Crippen LogP contribution in [0.2, 0.25) is 0 Å². The van der Waals surface area contributed by atoms with E-state index in [2.05, 4.69) is 0 Å². The Morgan fingerprint density at radius 2 is 0.657 bits per heavy atom. The van der Waals surface area contributed by atoms with Crippen molar-refractivity contribution < 1.29 is 30.6 Å². The molecule has 0 bridgehead atoms. The van der Waals surface area contributed by atoms with Crippen molar-refractivity contribution in [3.63, 3.8) is 0 Å². The van der Waals surface area contributed by atoms with E-state index in [1.807, 2.05) is 26.0 Å². The average molecular weight is 473 g/mol. The Labute approximate surface area is 203 Å². The summed E-state index contributed by atoms with van der Waals surface area (Å²) in [6, 6.07) is 16.2. The SMILES string of the molecule is Cc1ccc(O)c(Cc2cc(Cc3cc(Cc4cc(C)ccc4O)c(O)cc3O)c(O)cc2O)c1. The normalized spacial score (nSPS) is 11.0. The third-order valence-corrected chi connectivity index (χ3v) is 6.17. The molecule has 0 heterocycles. The van der Waals surface area contributed by atoms with Crippen molar-refractivity contribution in [2.75, 3.05) is 0 Å². The van der Waals surface area contributed by atoms with E-state index in [1.165, 1.54) is 12.1 Å². The van der Waals surface area contributed by atoms with Crippen LogP contribution in [-0.4, -0.2) is 30.6 Å². The molecule has 0 aromatic heterocycles. The van der Waals surface area contributed by atoms with E-state index in [-0.39, 0.29) is 53.8 Å². The van der Waals surface area contributed by atoms with Gasteiger partial charge in [0.15, 0.2) is 0 Å². The Hall–Kier alpha value is -4.32. The zero-order valence-corrected chi connectivity index (χ0v) is 19.6. The fourth-order valence-electron chi connectivity index (χ4n) is 4.24. The maximum Gasteiger partial charge on any atom is 0.122 e. The van der Waals surface area contributed by atoms with Crippen LogP contribution in [0, 0.1) is 13.8 Å². The molecule has 0 saturated heterocycles. The highest BCUT2D eigenvalue weighted by Crippen LogP contribution is 2.36. The third-order valence-electron chi connectivity index (χ3n) is 6.17. The topological polar surface area (TPSA) is 121 Å². The molecule has 0 amide bonds. The van der Waals surface area contributed by atoms with Gasteiger partial charge in [-0.3, -0.25) is 0 Å². The molecule has 0 unspecified atom stereocenters. The zero-order chi connectivity index (χ0) is 25.3. The first kappa shape index (κ1) is 23.8. The van der Waals surface area contributed by atoms with Gasteiger partial charge in [0.2, 0.25) is 0 Å². The van der Waals surface area contributed by atoms with Gasteiger partial charge in [-0.2, -0.15) is 0 Å². The number of aryl methyl sites for hydroxylation is 2. The van der Waals surface area contributed by atoms with Gasteiger partial charge in [-0.25, -0.2) is 0 Å². The maximum atomic E-state index is 10.5. The molecule has 0 aliphatic heterocycles. The molecule has 6 nitrogen and oxygen atoms in total. The second-order valence-electron chi connectivity index (χ2n) is 9.01. The van der Waals surface area contributed by atoms with E-state index in [4.69, 9.17) is 0 Å². The second-order valence-corrected chi connectivity index (χ2v) is 9.01. The summed E-state index contributed by atoms with van der Waals surface area (Å²) in [5, 5.41) is 62.2. The van der Waals surface area contributed by atoms with Gasteiger partial charge in [-0.05, 0) is 71.5 Å². The lowest BCUT2D eigenvalue weighted by atomic mass is 9.94. The van der Waals surface area contributed by atoms with Crippen molar-refractivity contribution in [2.45, 2.75) is 33.1 Å². The molecule has 0 saturated carbocycles. The van der Waals surface area contributed by atoms with Crippen LogP contribution in [0.15, 0.2) is 60.7 Å². The fourth-order valence-corrected chi connectivity index (χ4v) is 4.24. The van der Waals surface area contributed by atoms with Gasteiger partial charge in [0.05, 0.1) is 0 Å². The lowest BCUT2D eigenvalue weighted by molar-refractivity contribution is 0.439. The molecule has 0 spiro atoms. The highest BCUT2D eigenvalue weighted by molar-refractivity contribution is 5.54. The van der Waals surface area contributed by atoms with E-state index >= 15 is 0 Å². The van der Waals surface area contributed by atoms with E-state index in [9.17, 15) is 30.6 Å². The van der Waals surface area contributed by atoms with Crippen LogP contribution in [0.5, 0.6) is 34.5 Å². The zero-order valence-electron chi connectivity index (χ0n) is 19.6. The molecule has 4 aromatic rings. The molecule has 180 valence electrons. The van der Waals surface area contributed by atoms with Gasteiger partial charge in [0.1, 0.15) is 34.5 Å². The van der Waals surface area contributed by atoms with Gasteiger partial charge in [0.25, 0.3) is 0 Å². The van der Waals surface area contributed by atoms with Crippen molar-refractivity contribution in [2.24, 2.45) is 0 Å². The first-order chi connectivity index (χ1) is 16.6. The molecule has 4 rings (SSSR count). The summed E-state index contributed by atoms with van der Waals surface area (Å²) in [5.74, 6) is -0.236. The summed E-state index contributed by atoms with van der Waals surface area (Å²) < 4.78 is 0. The third kappa shape index (κ3) is 5.27. The Morgan fingerprint density at radius 3 is 0.971 bits per heavy atom. The maximum absolute atomic E-state index is 10.5. The predicted octanol–water partition coefficient (Wildman–Crippen LogP) is 5.31. The predicted molar refractivity (Wildman–Crippen MR) is 134 cm³/mol. The molecular formula is C29H28O6. The minimum Gasteiger partial charge on any atom is -0.508 e. The number of hydrogen-bond donors (Lipinski definition) is 6. The van der Waals surface area contributed by atoms with E-state index in [0.29, 0.717) is 33.4 Å². The summed E-state index contributed by atoms with van der Waals surface area (Å²) >= 11 is 0. The van der Waals surface area contributed by atoms with Crippen LogP contribution in [0.4, 0.5) is 0 Å². The van der Waals surface area contributed by atoms with Crippen LogP contribution in [0.25, 0.3) is 0 Å². The molecule has 4 aromatic carbocycles. The van der Waals surface area contributed by atoms with Crippen LogP contribution in [0.3, 0.4) is 0 Å². The molecule has 0 aliphatic rings. The van der Waals surface area contributed by atoms with Crippen molar-refractivity contribution in [3.8, 4) is 34.5 Å². The van der Waals surface area contributed by atoms with Crippen molar-refractivity contribution in [1.82, 2.24) is 0 Å². The Kier molecular flexibility index (Phi) is 6.47. The number of phenols is 6. The first-order valence-electron chi connectivity index (χ1n) is 11.2. The number of phenolic OH excluding ortho intramolecular Hbond substituents is 6. The second kappa shape index (κ2) is 9.50. The van der Waals surface area contributed by atoms with Crippen LogP contribution in [0.1, 0.15) is 44.5 Å². The monoisotopic (exact) mass is 472 g/mol. The quantitative estimate of drug-likeness (QED) is 0.226. The highest BCUT2D eigenvalue weighted by Gasteiger charge is 2.16. The lowest BCUT2D eigenvalue weighted by Crippen LogP contribution is -1.98. The minimum absolute atomic E-state index is 0.0994. The van der Waals surface area contributed by atoms with E-state index < -0.39 is 0 Å². The van der Waals surface area contributed by atoms with Crippen LogP contribution in [-0.2, 0) is 19.3 Å². The summed E-state index contributed by atoms with van der Waals surface area (Å²) in [6.07, 6.45) is 0.649. The Balaban J connectivity index is 1.67. The van der Waals surface area contributed by atoms with Crippen molar-refractivity contribution >= 4 is 0 Å². The van der Waals surface area contributed by atoms with Crippen molar-refractivity contribution in [3.05, 3.63) is 105 Å². The van der Waals surface area contributed by atoms with Crippen molar-refractivity contribution in [1.29, 1.82) is 0 Å². The van der Waals surface area contributed by atoms with Gasteiger partial charge in [0, 0.05) is 31.4 Å². The molecule has 0 fully saturated rings. The standard InChI is InChI=1S/C29H28O6/c1-16-3-5-24(30)18(7-16)9-20-11-22(28(34)14-26(20)32)13-23-12-21(27(33)15-29(23)35)10-19-8-17(2)4-6-25(19)31/h3-8,11-12,14-15,30-35H,9-10,13H2,1-2H3. The fraction of sp³-hybridized carbons (Fsp3) is 0.172. The van der Waals surface area contributed by atoms with Gasteiger partial charge >= 0.3 is 0 Å². The van der Waals surface area contributed by atoms with Crippen LogP contribution >= 0.6 is 0 Å². The number of hydrogen-bond acceptors (Lipinski definition) is 6. The van der Waals surface area contributed by atoms with E-state index in [0.717, 1.165) is 11.1 Å². The molecule has 0 atom stereocenters. The molecule has 0 radical (unpaired) electrons. The summed E-state index contributed by atoms with van der Waals surface area (Å²) in [5.41, 5.74) is 5.19. The summed E-state index contributed by atoms with van der Waals surface area (Å²) in [6.45, 7) is 3.82. The lowest BCUT2D eigenvalue weighted by Gasteiger charge is -2.14. The molecule has 0 aliphatic carbocycles. The molecular weight excluding hydrogens is 444 g/mol. The Morgan fingerprint density at radius 1 is 0.371 bits per heavy atom. The Bertz CT molecular complexity index is 1300. The van der Waals surface area contributed by atoms with Gasteiger partial charge in [-0.15, -0.1) is 0 Å². The summed E-state index contributed by atoms with van der Waals surface area (Å²) in [7, 11) is 0. The summed E-state index contributed by atoms with van der Waals surface area (Å²) in [4.78, 5) is 0. The largest absolute Gasteiger partial charge is 0.508 e. The molecule has 6 heteroatoms. The number of rotatable bonds is 6. The minimum atomic E-state index is -0.134. The number of aromatic hydroxyl groups is 6. The molecule has 6 N–H and O–H groups in total. The molecule has 35 heavy (non-hydrogen) atoms. The van der Waals surface area contributed by atoms with Gasteiger partial charge in [-0.1, -0.05) is 35.4 Å². The smallest absolute Gasteiger partial charge is 0.122 e. The van der Waals surface area contributed by atoms with E-state index in [1.54, 1.807) is 36.4 Å². The number of benzene rings is 4. The van der Waals surface area contributed by atoms with Gasteiger partial charge < -0.3 is 30.6 Å². The highest BCUT2D eigenvalue weighted by atomic mass is 16.3. The first-order valence-corrected chi connectivity index (χ1v) is 11.2.